The van der Waals surface area contributed by atoms with Crippen molar-refractivity contribution in [3.8, 4) is 0 Å². The minimum atomic E-state index is 0.156. The molecule has 12 heavy (non-hydrogen) atoms. The summed E-state index contributed by atoms with van der Waals surface area (Å²) in [6.07, 6.45) is 7.56. The third kappa shape index (κ3) is 0.622. The topological polar surface area (TPSA) is 49.9 Å². The van der Waals surface area contributed by atoms with Crippen molar-refractivity contribution >= 4 is 6.08 Å². The van der Waals surface area contributed by atoms with Crippen LogP contribution in [0.3, 0.4) is 0 Å². The van der Waals surface area contributed by atoms with Gasteiger partial charge in [0.25, 0.3) is 0 Å². The van der Waals surface area contributed by atoms with Crippen LogP contribution in [0.1, 0.15) is 17.3 Å². The van der Waals surface area contributed by atoms with E-state index in [0.717, 1.165) is 16.8 Å². The second-order valence-corrected chi connectivity index (χ2v) is 2.86. The maximum Gasteiger partial charge on any atom is 0.116 e. The summed E-state index contributed by atoms with van der Waals surface area (Å²) in [5.74, 6) is 0. The van der Waals surface area contributed by atoms with E-state index in [2.05, 4.69) is 15.7 Å². The third-order valence-corrected chi connectivity index (χ3v) is 2.17. The van der Waals surface area contributed by atoms with Gasteiger partial charge in [-0.2, -0.15) is 5.10 Å². The van der Waals surface area contributed by atoms with Crippen molar-refractivity contribution < 1.29 is 4.84 Å². The highest BCUT2D eigenvalue weighted by molar-refractivity contribution is 5.60. The Morgan fingerprint density at radius 3 is 3.42 bits per heavy atom. The number of nitrogens with zero attached hydrogens (tertiary/aromatic N) is 1. The smallest absolute Gasteiger partial charge is 0.116 e. The van der Waals surface area contributed by atoms with Gasteiger partial charge in [0.05, 0.1) is 17.9 Å². The van der Waals surface area contributed by atoms with E-state index in [1.165, 1.54) is 0 Å². The average Bonchev–Trinajstić information content (AvgIpc) is 2.71. The van der Waals surface area contributed by atoms with Crippen LogP contribution in [0.4, 0.5) is 0 Å². The Hall–Kier alpha value is -1.55. The van der Waals surface area contributed by atoms with Gasteiger partial charge in [0.1, 0.15) is 6.26 Å². The Labute approximate surface area is 68.9 Å². The Morgan fingerprint density at radius 1 is 1.42 bits per heavy atom. The molecular formula is C8H7N3O. The predicted octanol–water partition coefficient (Wildman–Crippen LogP) is 0.896. The van der Waals surface area contributed by atoms with Crippen LogP contribution >= 0.6 is 0 Å². The Morgan fingerprint density at radius 2 is 2.42 bits per heavy atom. The van der Waals surface area contributed by atoms with Crippen molar-refractivity contribution in [2.45, 2.75) is 6.04 Å². The van der Waals surface area contributed by atoms with Crippen molar-refractivity contribution in [3.05, 3.63) is 35.4 Å². The maximum absolute atomic E-state index is 5.01. The van der Waals surface area contributed by atoms with Gasteiger partial charge in [-0.05, 0) is 6.08 Å². The highest BCUT2D eigenvalue weighted by atomic mass is 16.6. The van der Waals surface area contributed by atoms with Crippen molar-refractivity contribution in [2.75, 3.05) is 0 Å². The van der Waals surface area contributed by atoms with E-state index >= 15 is 0 Å². The Balaban J connectivity index is 2.20. The number of aromatic nitrogens is 2. The summed E-state index contributed by atoms with van der Waals surface area (Å²) in [4.78, 5) is 5.01. The Kier molecular flexibility index (Phi) is 0.995. The van der Waals surface area contributed by atoms with Crippen LogP contribution in [-0.4, -0.2) is 10.2 Å². The lowest BCUT2D eigenvalue weighted by Crippen LogP contribution is -2.16. The molecule has 0 amide bonds. The first-order chi connectivity index (χ1) is 5.95. The molecule has 60 valence electrons. The summed E-state index contributed by atoms with van der Waals surface area (Å²) in [5.41, 5.74) is 6.23. The zero-order valence-electron chi connectivity index (χ0n) is 6.24. The summed E-state index contributed by atoms with van der Waals surface area (Å²) in [6, 6.07) is 0.156. The normalized spacial score (nSPS) is 24.3. The molecule has 3 rings (SSSR count). The van der Waals surface area contributed by atoms with E-state index in [4.69, 9.17) is 4.84 Å². The SMILES string of the molecule is C1=Cc2[nH]ncc2C2NOC=C12. The van der Waals surface area contributed by atoms with E-state index in [0.29, 0.717) is 0 Å². The van der Waals surface area contributed by atoms with E-state index in [9.17, 15) is 0 Å². The highest BCUT2D eigenvalue weighted by Gasteiger charge is 2.26. The van der Waals surface area contributed by atoms with E-state index in [-0.39, 0.29) is 6.04 Å². The fourth-order valence-electron chi connectivity index (χ4n) is 1.53. The zero-order valence-corrected chi connectivity index (χ0v) is 6.24. The molecule has 4 heteroatoms. The van der Waals surface area contributed by atoms with Gasteiger partial charge in [-0.1, -0.05) is 6.08 Å². The molecule has 0 fully saturated rings. The number of fused-ring (bicyclic) bond motifs is 3. The lowest BCUT2D eigenvalue weighted by molar-refractivity contribution is 0.142. The third-order valence-electron chi connectivity index (χ3n) is 2.17. The number of hydroxylamine groups is 1. The van der Waals surface area contributed by atoms with E-state index < -0.39 is 0 Å². The van der Waals surface area contributed by atoms with Crippen molar-refractivity contribution in [1.29, 1.82) is 0 Å². The molecule has 2 N–H and O–H groups in total. The largest absolute Gasteiger partial charge is 0.415 e. The van der Waals surface area contributed by atoms with Crippen molar-refractivity contribution in [3.63, 3.8) is 0 Å². The molecule has 0 radical (unpaired) electrons. The molecule has 0 bridgehead atoms. The van der Waals surface area contributed by atoms with Crippen LogP contribution in [0.25, 0.3) is 6.08 Å². The standard InChI is InChI=1S/C8H7N3O/c1-2-7-6(3-9-10-7)8-5(1)4-12-11-8/h1-4,8,11H,(H,9,10). The molecule has 4 nitrogen and oxygen atoms in total. The number of hydrogen-bond acceptors (Lipinski definition) is 3. The van der Waals surface area contributed by atoms with Gasteiger partial charge in [-0.3, -0.25) is 5.10 Å². The number of H-pyrrole nitrogens is 1. The number of aromatic amines is 1. The Bertz CT molecular complexity index is 377. The molecule has 1 aromatic rings. The molecule has 1 aliphatic carbocycles. The van der Waals surface area contributed by atoms with Gasteiger partial charge in [-0.25, -0.2) is 0 Å². The summed E-state index contributed by atoms with van der Waals surface area (Å²) >= 11 is 0. The average molecular weight is 161 g/mol. The molecule has 1 atom stereocenters. The molecule has 1 unspecified atom stereocenters. The van der Waals surface area contributed by atoms with Crippen LogP contribution < -0.4 is 5.48 Å². The molecule has 1 aromatic heterocycles. The summed E-state index contributed by atoms with van der Waals surface area (Å²) in [5, 5.41) is 6.88. The van der Waals surface area contributed by atoms with Crippen LogP contribution in [-0.2, 0) is 4.84 Å². The van der Waals surface area contributed by atoms with E-state index in [1.807, 2.05) is 18.3 Å². The highest BCUT2D eigenvalue weighted by Crippen LogP contribution is 2.32. The van der Waals surface area contributed by atoms with Crippen molar-refractivity contribution in [1.82, 2.24) is 15.7 Å². The van der Waals surface area contributed by atoms with Crippen LogP contribution in [0.15, 0.2) is 24.1 Å². The monoisotopic (exact) mass is 161 g/mol. The van der Waals surface area contributed by atoms with Gasteiger partial charge in [0.2, 0.25) is 0 Å². The van der Waals surface area contributed by atoms with Gasteiger partial charge in [0, 0.05) is 11.1 Å². The zero-order chi connectivity index (χ0) is 7.97. The molecule has 0 saturated heterocycles. The first kappa shape index (κ1) is 6.02. The molecule has 2 heterocycles. The fraction of sp³-hybridized carbons (Fsp3) is 0.125. The number of nitrogens with one attached hydrogen (secondary N) is 2. The quantitative estimate of drug-likeness (QED) is 0.594. The maximum atomic E-state index is 5.01. The lowest BCUT2D eigenvalue weighted by atomic mass is 9.96. The lowest BCUT2D eigenvalue weighted by Gasteiger charge is -2.13. The first-order valence-electron chi connectivity index (χ1n) is 3.78. The first-order valence-corrected chi connectivity index (χ1v) is 3.78. The van der Waals surface area contributed by atoms with Crippen LogP contribution in [0.2, 0.25) is 0 Å². The minimum absolute atomic E-state index is 0.156. The summed E-state index contributed by atoms with van der Waals surface area (Å²) in [6.45, 7) is 0. The van der Waals surface area contributed by atoms with Gasteiger partial charge in [0.15, 0.2) is 0 Å². The number of rotatable bonds is 0. The minimum Gasteiger partial charge on any atom is -0.415 e. The van der Waals surface area contributed by atoms with Crippen LogP contribution in [0.5, 0.6) is 0 Å². The summed E-state index contributed by atoms with van der Waals surface area (Å²) < 4.78 is 0. The molecule has 1 aliphatic heterocycles. The predicted molar refractivity (Wildman–Crippen MR) is 42.7 cm³/mol. The van der Waals surface area contributed by atoms with Crippen LogP contribution in [0, 0.1) is 0 Å². The molecular weight excluding hydrogens is 154 g/mol. The molecule has 2 aliphatic rings. The fourth-order valence-corrected chi connectivity index (χ4v) is 1.53. The molecule has 0 spiro atoms. The van der Waals surface area contributed by atoms with Crippen molar-refractivity contribution in [2.24, 2.45) is 0 Å². The van der Waals surface area contributed by atoms with Gasteiger partial charge >= 0.3 is 0 Å². The molecule has 0 saturated carbocycles. The van der Waals surface area contributed by atoms with Gasteiger partial charge in [-0.15, -0.1) is 5.48 Å². The van der Waals surface area contributed by atoms with E-state index in [1.54, 1.807) is 6.26 Å². The summed E-state index contributed by atoms with van der Waals surface area (Å²) in [7, 11) is 0. The number of hydrogen-bond donors (Lipinski definition) is 2. The second kappa shape index (κ2) is 1.98. The molecule has 0 aromatic carbocycles. The van der Waals surface area contributed by atoms with Gasteiger partial charge < -0.3 is 4.84 Å². The second-order valence-electron chi connectivity index (χ2n) is 2.86.